The maximum atomic E-state index is 10.1. The van der Waals surface area contributed by atoms with E-state index in [0.717, 1.165) is 5.75 Å². The van der Waals surface area contributed by atoms with E-state index in [1.165, 1.54) is 6.08 Å². The summed E-state index contributed by atoms with van der Waals surface area (Å²) in [5, 5.41) is 0. The van der Waals surface area contributed by atoms with Crippen molar-refractivity contribution in [1.82, 2.24) is 0 Å². The molecule has 0 aliphatic carbocycles. The smallest absolute Gasteiger partial charge is 0.241 e. The van der Waals surface area contributed by atoms with Crippen LogP contribution in [0.1, 0.15) is 0 Å². The average molecular weight is 157 g/mol. The van der Waals surface area contributed by atoms with Crippen molar-refractivity contribution in [2.24, 2.45) is 5.73 Å². The van der Waals surface area contributed by atoms with E-state index >= 15 is 0 Å². The number of thioether (sulfide) groups is 1. The van der Waals surface area contributed by atoms with Gasteiger partial charge in [-0.2, -0.15) is 11.8 Å². The molecule has 0 aliphatic heterocycles. The summed E-state index contributed by atoms with van der Waals surface area (Å²) in [5.74, 6) is 0.553. The second-order valence-corrected chi connectivity index (χ2v) is 2.56. The van der Waals surface area contributed by atoms with E-state index in [-0.39, 0.29) is 0 Å². The lowest BCUT2D eigenvalue weighted by molar-refractivity contribution is -0.113. The highest BCUT2D eigenvalue weighted by Crippen LogP contribution is 1.90. The van der Waals surface area contributed by atoms with Crippen LogP contribution in [0.15, 0.2) is 24.3 Å². The third-order valence-corrected chi connectivity index (χ3v) is 1.30. The lowest BCUT2D eigenvalue weighted by Gasteiger charge is -1.80. The summed E-state index contributed by atoms with van der Waals surface area (Å²) < 4.78 is 0. The molecule has 0 spiro atoms. The lowest BCUT2D eigenvalue weighted by Crippen LogP contribution is -2.04. The first-order chi connectivity index (χ1) is 4.77. The van der Waals surface area contributed by atoms with Gasteiger partial charge in [0.05, 0.1) is 0 Å². The fourth-order valence-electron chi connectivity index (χ4n) is 0.381. The molecule has 0 unspecified atom stereocenters. The number of hydrogen-bond donors (Lipinski definition) is 1. The van der Waals surface area contributed by atoms with Crippen LogP contribution in [0, 0.1) is 0 Å². The van der Waals surface area contributed by atoms with Gasteiger partial charge >= 0.3 is 0 Å². The van der Waals surface area contributed by atoms with Crippen LogP contribution in [-0.4, -0.2) is 17.9 Å². The van der Waals surface area contributed by atoms with Crippen molar-refractivity contribution < 1.29 is 4.79 Å². The van der Waals surface area contributed by atoms with Crippen LogP contribution >= 0.6 is 11.8 Å². The van der Waals surface area contributed by atoms with E-state index in [1.807, 2.05) is 12.3 Å². The van der Waals surface area contributed by atoms with E-state index in [4.69, 9.17) is 5.73 Å². The molecule has 56 valence electrons. The first-order valence-corrected chi connectivity index (χ1v) is 4.28. The molecule has 3 heteroatoms. The summed E-state index contributed by atoms with van der Waals surface area (Å²) in [5.41, 5.74) is 4.84. The summed E-state index contributed by atoms with van der Waals surface area (Å²) >= 11 is 1.72. The Bertz CT molecular complexity index is 152. The number of hydrogen-bond acceptors (Lipinski definition) is 2. The van der Waals surface area contributed by atoms with Crippen molar-refractivity contribution in [3.63, 3.8) is 0 Å². The summed E-state index contributed by atoms with van der Waals surface area (Å²) in [6.45, 7) is 0. The molecule has 0 rings (SSSR count). The Hall–Kier alpha value is -0.700. The fraction of sp³-hybridized carbons (Fsp3) is 0.286. The van der Waals surface area contributed by atoms with Gasteiger partial charge in [0.2, 0.25) is 5.91 Å². The minimum atomic E-state index is -0.409. The summed E-state index contributed by atoms with van der Waals surface area (Å²) in [6, 6.07) is 0. The largest absolute Gasteiger partial charge is 0.366 e. The predicted octanol–water partition coefficient (Wildman–Crippen LogP) is 0.947. The zero-order chi connectivity index (χ0) is 7.82. The van der Waals surface area contributed by atoms with Gasteiger partial charge in [-0.3, -0.25) is 4.79 Å². The number of primary amides is 1. The average Bonchev–Trinajstić information content (AvgIpc) is 1.87. The van der Waals surface area contributed by atoms with Gasteiger partial charge in [-0.05, 0) is 6.26 Å². The molecule has 2 nitrogen and oxygen atoms in total. The Morgan fingerprint density at radius 2 is 2.30 bits per heavy atom. The van der Waals surface area contributed by atoms with Crippen molar-refractivity contribution in [1.29, 1.82) is 0 Å². The van der Waals surface area contributed by atoms with Gasteiger partial charge < -0.3 is 5.73 Å². The molecule has 1 amide bonds. The lowest BCUT2D eigenvalue weighted by atomic mass is 10.4. The highest BCUT2D eigenvalue weighted by atomic mass is 32.2. The van der Waals surface area contributed by atoms with E-state index in [2.05, 4.69) is 0 Å². The summed E-state index contributed by atoms with van der Waals surface area (Å²) in [6.07, 6.45) is 8.75. The molecule has 0 aromatic rings. The summed E-state index contributed by atoms with van der Waals surface area (Å²) in [4.78, 5) is 10.1. The highest BCUT2D eigenvalue weighted by Gasteiger charge is 1.76. The number of carbonyl (C=O) groups is 1. The molecular weight excluding hydrogens is 146 g/mol. The molecule has 0 atom stereocenters. The van der Waals surface area contributed by atoms with Crippen molar-refractivity contribution in [2.45, 2.75) is 0 Å². The van der Waals surface area contributed by atoms with Crippen LogP contribution in [0.3, 0.4) is 0 Å². The topological polar surface area (TPSA) is 43.1 Å². The molecule has 10 heavy (non-hydrogen) atoms. The van der Waals surface area contributed by atoms with E-state index < -0.39 is 5.91 Å². The zero-order valence-corrected chi connectivity index (χ0v) is 6.73. The normalized spacial score (nSPS) is 11.3. The van der Waals surface area contributed by atoms with Gasteiger partial charge in [0, 0.05) is 11.8 Å². The minimum Gasteiger partial charge on any atom is -0.366 e. The second-order valence-electron chi connectivity index (χ2n) is 1.64. The molecule has 0 radical (unpaired) electrons. The molecular formula is C7H11NOS. The molecule has 0 fully saturated rings. The van der Waals surface area contributed by atoms with Gasteiger partial charge in [0.1, 0.15) is 0 Å². The van der Waals surface area contributed by atoms with Crippen LogP contribution in [-0.2, 0) is 4.79 Å². The third-order valence-electron chi connectivity index (χ3n) is 0.771. The highest BCUT2D eigenvalue weighted by molar-refractivity contribution is 7.98. The van der Waals surface area contributed by atoms with Crippen LogP contribution in [0.2, 0.25) is 0 Å². The van der Waals surface area contributed by atoms with Gasteiger partial charge in [-0.15, -0.1) is 0 Å². The molecule has 0 heterocycles. The van der Waals surface area contributed by atoms with Crippen molar-refractivity contribution in [2.75, 3.05) is 12.0 Å². The SMILES string of the molecule is CSC/C=C/C=C/C(N)=O. The monoisotopic (exact) mass is 157 g/mol. The Labute approximate surface area is 65.2 Å². The van der Waals surface area contributed by atoms with Gasteiger partial charge in [-0.1, -0.05) is 18.2 Å². The molecule has 0 bridgehead atoms. The molecule has 0 aromatic heterocycles. The number of amides is 1. The maximum Gasteiger partial charge on any atom is 0.241 e. The van der Waals surface area contributed by atoms with E-state index in [1.54, 1.807) is 23.9 Å². The van der Waals surface area contributed by atoms with E-state index in [9.17, 15) is 4.79 Å². The van der Waals surface area contributed by atoms with Crippen LogP contribution < -0.4 is 5.73 Å². The number of nitrogens with two attached hydrogens (primary N) is 1. The first-order valence-electron chi connectivity index (χ1n) is 2.89. The number of rotatable bonds is 4. The fourth-order valence-corrected chi connectivity index (χ4v) is 0.684. The molecule has 2 N–H and O–H groups in total. The van der Waals surface area contributed by atoms with Crippen LogP contribution in [0.5, 0.6) is 0 Å². The second kappa shape index (κ2) is 6.42. The van der Waals surface area contributed by atoms with Crippen molar-refractivity contribution >= 4 is 17.7 Å². The molecule has 0 aromatic carbocycles. The van der Waals surface area contributed by atoms with Crippen LogP contribution in [0.4, 0.5) is 0 Å². The number of allylic oxidation sites excluding steroid dienone is 2. The van der Waals surface area contributed by atoms with E-state index in [0.29, 0.717) is 0 Å². The molecule has 0 saturated carbocycles. The van der Waals surface area contributed by atoms with Crippen molar-refractivity contribution in [3.8, 4) is 0 Å². The zero-order valence-electron chi connectivity index (χ0n) is 5.91. The van der Waals surface area contributed by atoms with Gasteiger partial charge in [0.25, 0.3) is 0 Å². The quantitative estimate of drug-likeness (QED) is 0.487. The minimum absolute atomic E-state index is 0.409. The molecule has 0 aliphatic rings. The molecule has 0 saturated heterocycles. The Morgan fingerprint density at radius 1 is 1.60 bits per heavy atom. The summed E-state index contributed by atoms with van der Waals surface area (Å²) in [7, 11) is 0. The van der Waals surface area contributed by atoms with Gasteiger partial charge in [0.15, 0.2) is 0 Å². The maximum absolute atomic E-state index is 10.1. The number of carbonyl (C=O) groups excluding carboxylic acids is 1. The van der Waals surface area contributed by atoms with Crippen LogP contribution in [0.25, 0.3) is 0 Å². The Balaban J connectivity index is 3.42. The van der Waals surface area contributed by atoms with Gasteiger partial charge in [-0.25, -0.2) is 0 Å². The Kier molecular flexibility index (Phi) is 5.97. The standard InChI is InChI=1S/C7H11NOS/c1-10-6-4-2-3-5-7(8)9/h2-5H,6H2,1H3,(H2,8,9)/b4-2+,5-3+. The first kappa shape index (κ1) is 9.30. The van der Waals surface area contributed by atoms with Crippen molar-refractivity contribution in [3.05, 3.63) is 24.3 Å². The third kappa shape index (κ3) is 7.30. The Morgan fingerprint density at radius 3 is 2.80 bits per heavy atom. The predicted molar refractivity (Wildman–Crippen MR) is 45.9 cm³/mol.